The molecule has 0 bridgehead atoms. The Morgan fingerprint density at radius 2 is 1.70 bits per heavy atom. The molecule has 2 N–H and O–H groups in total. The quantitative estimate of drug-likeness (QED) is 0.801. The van der Waals surface area contributed by atoms with Crippen LogP contribution in [0.2, 0.25) is 0 Å². The first-order valence-corrected chi connectivity index (χ1v) is 8.88. The van der Waals surface area contributed by atoms with Gasteiger partial charge in [0.1, 0.15) is 12.6 Å². The highest BCUT2D eigenvalue weighted by molar-refractivity contribution is 5.82. The van der Waals surface area contributed by atoms with E-state index in [0.29, 0.717) is 12.8 Å². The largest absolute Gasteiger partial charge is 0.480 e. The van der Waals surface area contributed by atoms with Gasteiger partial charge in [-0.15, -0.1) is 6.42 Å². The van der Waals surface area contributed by atoms with E-state index in [0.717, 1.165) is 22.3 Å². The number of terminal acetylenes is 1. The predicted molar refractivity (Wildman–Crippen MR) is 100 cm³/mol. The molecule has 2 aromatic carbocycles. The molecular weight excluding hydrogens is 342 g/mol. The zero-order chi connectivity index (χ0) is 19.0. The van der Waals surface area contributed by atoms with Gasteiger partial charge in [0.05, 0.1) is 5.41 Å². The first-order chi connectivity index (χ1) is 13.1. The molecule has 0 spiro atoms. The maximum Gasteiger partial charge on any atom is 0.407 e. The number of hydrogen-bond acceptors (Lipinski definition) is 3. The van der Waals surface area contributed by atoms with Crippen molar-refractivity contribution in [2.75, 3.05) is 6.61 Å². The van der Waals surface area contributed by atoms with Gasteiger partial charge >= 0.3 is 12.1 Å². The number of carbonyl (C=O) groups is 2. The average molecular weight is 361 g/mol. The van der Waals surface area contributed by atoms with Crippen LogP contribution in [0.3, 0.4) is 0 Å². The minimum Gasteiger partial charge on any atom is -0.480 e. The van der Waals surface area contributed by atoms with Crippen molar-refractivity contribution < 1.29 is 19.4 Å². The van der Waals surface area contributed by atoms with Crippen molar-refractivity contribution in [3.63, 3.8) is 0 Å². The van der Waals surface area contributed by atoms with Gasteiger partial charge in [-0.1, -0.05) is 54.5 Å². The van der Waals surface area contributed by atoms with Gasteiger partial charge in [0.2, 0.25) is 0 Å². The zero-order valence-electron chi connectivity index (χ0n) is 14.6. The maximum atomic E-state index is 12.3. The molecule has 0 heterocycles. The molecule has 2 aromatic rings. The second kappa shape index (κ2) is 6.48. The minimum absolute atomic E-state index is 0.0750. The van der Waals surface area contributed by atoms with E-state index in [1.807, 2.05) is 36.4 Å². The Morgan fingerprint density at radius 1 is 1.15 bits per heavy atom. The number of fused-ring (bicyclic) bond motifs is 3. The van der Waals surface area contributed by atoms with Crippen LogP contribution in [0.5, 0.6) is 0 Å². The number of nitrogens with one attached hydrogen (secondary N) is 1. The molecule has 0 saturated heterocycles. The fourth-order valence-electron chi connectivity index (χ4n) is 3.85. The molecule has 1 atom stereocenters. The molecule has 5 nitrogen and oxygen atoms in total. The molecule has 2 aliphatic carbocycles. The highest BCUT2D eigenvalue weighted by atomic mass is 16.5. The van der Waals surface area contributed by atoms with E-state index in [9.17, 15) is 14.7 Å². The monoisotopic (exact) mass is 361 g/mol. The summed E-state index contributed by atoms with van der Waals surface area (Å²) in [5, 5.41) is 11.8. The lowest BCUT2D eigenvalue weighted by Gasteiger charge is -2.20. The minimum atomic E-state index is -1.14. The molecular formula is C22H19NO4. The summed E-state index contributed by atoms with van der Waals surface area (Å²) in [6.45, 7) is 0.134. The molecule has 2 aliphatic rings. The van der Waals surface area contributed by atoms with Gasteiger partial charge in [-0.05, 0) is 35.1 Å². The van der Waals surface area contributed by atoms with E-state index >= 15 is 0 Å². The van der Waals surface area contributed by atoms with Crippen LogP contribution in [0.4, 0.5) is 4.79 Å². The first kappa shape index (κ1) is 17.2. The van der Waals surface area contributed by atoms with Crippen LogP contribution in [0.1, 0.15) is 29.9 Å². The van der Waals surface area contributed by atoms with E-state index in [1.165, 1.54) is 0 Å². The van der Waals surface area contributed by atoms with E-state index in [2.05, 4.69) is 23.4 Å². The summed E-state index contributed by atoms with van der Waals surface area (Å²) in [6, 6.07) is 14.9. The summed E-state index contributed by atoms with van der Waals surface area (Å²) in [7, 11) is 0. The fourth-order valence-corrected chi connectivity index (χ4v) is 3.85. The summed E-state index contributed by atoms with van der Waals surface area (Å²) in [6.07, 6.45) is 5.87. The Morgan fingerprint density at radius 3 is 2.19 bits per heavy atom. The molecule has 0 aromatic heterocycles. The van der Waals surface area contributed by atoms with Crippen molar-refractivity contribution in [2.24, 2.45) is 5.41 Å². The van der Waals surface area contributed by atoms with Crippen molar-refractivity contribution >= 4 is 12.1 Å². The Labute approximate surface area is 157 Å². The van der Waals surface area contributed by atoms with Crippen LogP contribution in [0.15, 0.2) is 48.5 Å². The lowest BCUT2D eigenvalue weighted by Crippen LogP contribution is -2.47. The summed E-state index contributed by atoms with van der Waals surface area (Å²) in [5.41, 5.74) is 3.67. The fraction of sp³-hybridized carbons (Fsp3) is 0.273. The molecule has 0 unspecified atom stereocenters. The van der Waals surface area contributed by atoms with Crippen LogP contribution in [-0.4, -0.2) is 29.8 Å². The normalized spacial score (nSPS) is 17.1. The van der Waals surface area contributed by atoms with Crippen LogP contribution in [0.25, 0.3) is 11.1 Å². The lowest BCUT2D eigenvalue weighted by molar-refractivity contribution is -0.140. The van der Waals surface area contributed by atoms with Gasteiger partial charge in [0.25, 0.3) is 0 Å². The number of benzene rings is 2. The SMILES string of the molecule is C#CC1([C@@H](NC(=O)OCC2c3ccccc3-c3ccccc32)C(=O)O)CC1. The van der Waals surface area contributed by atoms with Gasteiger partial charge in [-0.2, -0.15) is 0 Å². The number of hydrogen-bond donors (Lipinski definition) is 2. The highest BCUT2D eigenvalue weighted by Gasteiger charge is 2.52. The number of carboxylic acid groups (broad SMARTS) is 1. The molecule has 1 saturated carbocycles. The molecule has 1 fully saturated rings. The second-order valence-corrected chi connectivity index (χ2v) is 7.04. The number of aliphatic carboxylic acids is 1. The smallest absolute Gasteiger partial charge is 0.407 e. The number of carbonyl (C=O) groups excluding carboxylic acids is 1. The summed E-state index contributed by atoms with van der Waals surface area (Å²) in [4.78, 5) is 23.8. The Hall–Kier alpha value is -3.26. The van der Waals surface area contributed by atoms with E-state index in [4.69, 9.17) is 11.2 Å². The highest BCUT2D eigenvalue weighted by Crippen LogP contribution is 2.48. The zero-order valence-corrected chi connectivity index (χ0v) is 14.6. The third-order valence-electron chi connectivity index (χ3n) is 5.48. The van der Waals surface area contributed by atoms with Crippen molar-refractivity contribution in [2.45, 2.75) is 24.8 Å². The van der Waals surface area contributed by atoms with Crippen LogP contribution in [0, 0.1) is 17.8 Å². The van der Waals surface area contributed by atoms with Gasteiger partial charge in [0.15, 0.2) is 0 Å². The molecule has 5 heteroatoms. The Kier molecular flexibility index (Phi) is 4.12. The molecule has 136 valence electrons. The number of alkyl carbamates (subject to hydrolysis) is 1. The number of amides is 1. The van der Waals surface area contributed by atoms with Crippen LogP contribution < -0.4 is 5.32 Å². The maximum absolute atomic E-state index is 12.3. The van der Waals surface area contributed by atoms with Gasteiger partial charge < -0.3 is 15.2 Å². The Balaban J connectivity index is 1.48. The molecule has 0 aliphatic heterocycles. The van der Waals surface area contributed by atoms with Crippen LogP contribution >= 0.6 is 0 Å². The van der Waals surface area contributed by atoms with Crippen molar-refractivity contribution in [1.29, 1.82) is 0 Å². The summed E-state index contributed by atoms with van der Waals surface area (Å²) < 4.78 is 5.41. The predicted octanol–water partition coefficient (Wildman–Crippen LogP) is 3.39. The summed E-state index contributed by atoms with van der Waals surface area (Å²) >= 11 is 0. The average Bonchev–Trinajstić information content (AvgIpc) is 3.41. The third kappa shape index (κ3) is 2.93. The van der Waals surface area contributed by atoms with Gasteiger partial charge in [-0.25, -0.2) is 9.59 Å². The molecule has 4 rings (SSSR count). The topological polar surface area (TPSA) is 75.6 Å². The van der Waals surface area contributed by atoms with Crippen molar-refractivity contribution in [3.8, 4) is 23.5 Å². The van der Waals surface area contributed by atoms with Crippen molar-refractivity contribution in [3.05, 3.63) is 59.7 Å². The number of ether oxygens (including phenoxy) is 1. The number of rotatable bonds is 5. The van der Waals surface area contributed by atoms with Gasteiger partial charge in [-0.3, -0.25) is 0 Å². The number of carboxylic acids is 1. The first-order valence-electron chi connectivity index (χ1n) is 8.88. The Bertz CT molecular complexity index is 909. The van der Waals surface area contributed by atoms with E-state index < -0.39 is 23.5 Å². The summed E-state index contributed by atoms with van der Waals surface area (Å²) in [5.74, 6) is 1.30. The van der Waals surface area contributed by atoms with E-state index in [-0.39, 0.29) is 12.5 Å². The van der Waals surface area contributed by atoms with E-state index in [1.54, 1.807) is 0 Å². The standard InChI is InChI=1S/C22H19NO4/c1-2-22(11-12-22)19(20(24)25)23-21(26)27-13-18-16-9-5-3-7-14(16)15-8-4-6-10-17(15)18/h1,3-10,18-19H,11-13H2,(H,23,26)(H,24,25)/t19-/m0/s1. The second-order valence-electron chi connectivity index (χ2n) is 7.04. The van der Waals surface area contributed by atoms with Crippen molar-refractivity contribution in [1.82, 2.24) is 5.32 Å². The van der Waals surface area contributed by atoms with Crippen LogP contribution in [-0.2, 0) is 9.53 Å². The molecule has 1 amide bonds. The third-order valence-corrected chi connectivity index (χ3v) is 5.48. The molecule has 0 radical (unpaired) electrons. The van der Waals surface area contributed by atoms with Gasteiger partial charge in [0, 0.05) is 5.92 Å². The molecule has 27 heavy (non-hydrogen) atoms. The lowest BCUT2D eigenvalue weighted by atomic mass is 9.97.